The Hall–Kier alpha value is -0.900. The van der Waals surface area contributed by atoms with Crippen molar-refractivity contribution in [1.82, 2.24) is 5.43 Å². The Morgan fingerprint density at radius 2 is 1.86 bits per heavy atom. The molecule has 0 radical (unpaired) electrons. The molecule has 0 bridgehead atoms. The molecule has 2 unspecified atom stereocenters. The third kappa shape index (κ3) is 2.41. The predicted octanol–water partition coefficient (Wildman–Crippen LogP) is 2.58. The van der Waals surface area contributed by atoms with Crippen LogP contribution in [0.2, 0.25) is 0 Å². The summed E-state index contributed by atoms with van der Waals surface area (Å²) in [6, 6.07) is 9.30. The Bertz CT molecular complexity index is 487. The van der Waals surface area contributed by atoms with Gasteiger partial charge in [-0.1, -0.05) is 24.3 Å². The van der Waals surface area contributed by atoms with Crippen LogP contribution in [-0.4, -0.2) is 18.2 Å². The molecule has 0 aromatic heterocycles. The maximum Gasteiger partial charge on any atom is 0.0685 e. The highest BCUT2D eigenvalue weighted by molar-refractivity contribution is 5.32. The standard InChI is InChI=1S/C18H26N2O/c19-20-17(15-6-9-21-18(12-15)7-3-8-18)16-10-13-4-1-2-5-14(13)11-16/h1-2,4-5,15-17,20H,3,6-12,19H2. The Morgan fingerprint density at radius 1 is 1.14 bits per heavy atom. The summed E-state index contributed by atoms with van der Waals surface area (Å²) in [5.41, 5.74) is 6.43. The van der Waals surface area contributed by atoms with Crippen molar-refractivity contribution in [3.63, 3.8) is 0 Å². The van der Waals surface area contributed by atoms with Gasteiger partial charge >= 0.3 is 0 Å². The van der Waals surface area contributed by atoms with Crippen molar-refractivity contribution in [2.24, 2.45) is 17.7 Å². The number of rotatable bonds is 3. The molecule has 1 saturated carbocycles. The predicted molar refractivity (Wildman–Crippen MR) is 83.7 cm³/mol. The summed E-state index contributed by atoms with van der Waals surface area (Å²) in [5, 5.41) is 0. The molecule has 3 N–H and O–H groups in total. The van der Waals surface area contributed by atoms with Crippen LogP contribution in [0.3, 0.4) is 0 Å². The van der Waals surface area contributed by atoms with Crippen molar-refractivity contribution < 1.29 is 4.74 Å². The third-order valence-corrected chi connectivity index (χ3v) is 6.09. The van der Waals surface area contributed by atoms with Crippen molar-refractivity contribution >= 4 is 0 Å². The second kappa shape index (κ2) is 5.38. The number of fused-ring (bicyclic) bond motifs is 1. The highest BCUT2D eigenvalue weighted by atomic mass is 16.5. The van der Waals surface area contributed by atoms with Crippen molar-refractivity contribution in [1.29, 1.82) is 0 Å². The van der Waals surface area contributed by atoms with Crippen LogP contribution in [0, 0.1) is 11.8 Å². The van der Waals surface area contributed by atoms with Crippen LogP contribution in [0.4, 0.5) is 0 Å². The average molecular weight is 286 g/mol. The van der Waals surface area contributed by atoms with Gasteiger partial charge in [-0.15, -0.1) is 0 Å². The molecular weight excluding hydrogens is 260 g/mol. The molecule has 3 heteroatoms. The fourth-order valence-corrected chi connectivity index (χ4v) is 4.80. The van der Waals surface area contributed by atoms with Gasteiger partial charge in [0, 0.05) is 12.6 Å². The summed E-state index contributed by atoms with van der Waals surface area (Å²) in [6.07, 6.45) is 8.56. The first-order valence-corrected chi connectivity index (χ1v) is 8.46. The second-order valence-corrected chi connectivity index (χ2v) is 7.27. The summed E-state index contributed by atoms with van der Waals surface area (Å²) < 4.78 is 6.08. The highest BCUT2D eigenvalue weighted by Crippen LogP contribution is 2.46. The fraction of sp³-hybridized carbons (Fsp3) is 0.667. The highest BCUT2D eigenvalue weighted by Gasteiger charge is 2.45. The molecule has 1 aliphatic heterocycles. The van der Waals surface area contributed by atoms with E-state index in [9.17, 15) is 0 Å². The molecule has 1 saturated heterocycles. The number of hydrogen-bond donors (Lipinski definition) is 2. The molecular formula is C18H26N2O. The van der Waals surface area contributed by atoms with E-state index >= 15 is 0 Å². The van der Waals surface area contributed by atoms with Gasteiger partial charge in [0.25, 0.3) is 0 Å². The molecule has 2 aliphatic carbocycles. The van der Waals surface area contributed by atoms with Gasteiger partial charge in [0.15, 0.2) is 0 Å². The number of hydrazine groups is 1. The van der Waals surface area contributed by atoms with Crippen LogP contribution in [0.15, 0.2) is 24.3 Å². The lowest BCUT2D eigenvalue weighted by Gasteiger charge is -2.49. The minimum absolute atomic E-state index is 0.212. The zero-order chi connectivity index (χ0) is 14.3. The van der Waals surface area contributed by atoms with E-state index in [4.69, 9.17) is 10.6 Å². The summed E-state index contributed by atoms with van der Waals surface area (Å²) in [5.74, 6) is 7.29. The minimum atomic E-state index is 0.212. The molecule has 2 atom stereocenters. The second-order valence-electron chi connectivity index (χ2n) is 7.27. The van der Waals surface area contributed by atoms with E-state index in [2.05, 4.69) is 29.7 Å². The normalized spacial score (nSPS) is 29.1. The summed E-state index contributed by atoms with van der Waals surface area (Å²) in [7, 11) is 0. The summed E-state index contributed by atoms with van der Waals surface area (Å²) >= 11 is 0. The molecule has 1 heterocycles. The van der Waals surface area contributed by atoms with Crippen LogP contribution >= 0.6 is 0 Å². The van der Waals surface area contributed by atoms with E-state index in [1.165, 1.54) is 49.7 Å². The van der Waals surface area contributed by atoms with E-state index in [0.29, 0.717) is 17.9 Å². The number of hydrogen-bond acceptors (Lipinski definition) is 3. The van der Waals surface area contributed by atoms with Crippen molar-refractivity contribution in [3.05, 3.63) is 35.4 Å². The molecule has 4 rings (SSSR count). The van der Waals surface area contributed by atoms with Crippen LogP contribution in [-0.2, 0) is 17.6 Å². The molecule has 1 aromatic rings. The van der Waals surface area contributed by atoms with Gasteiger partial charge in [-0.25, -0.2) is 0 Å². The molecule has 1 spiro atoms. The monoisotopic (exact) mass is 286 g/mol. The molecule has 3 nitrogen and oxygen atoms in total. The van der Waals surface area contributed by atoms with Crippen LogP contribution < -0.4 is 11.3 Å². The smallest absolute Gasteiger partial charge is 0.0685 e. The lowest BCUT2D eigenvalue weighted by atomic mass is 9.68. The summed E-state index contributed by atoms with van der Waals surface area (Å²) in [6.45, 7) is 0.919. The van der Waals surface area contributed by atoms with Gasteiger partial charge in [0.2, 0.25) is 0 Å². The van der Waals surface area contributed by atoms with Gasteiger partial charge in [-0.2, -0.15) is 0 Å². The first-order chi connectivity index (χ1) is 10.3. The zero-order valence-corrected chi connectivity index (χ0v) is 12.7. The Labute approximate surface area is 127 Å². The molecule has 3 aliphatic rings. The van der Waals surface area contributed by atoms with E-state index in [-0.39, 0.29) is 5.60 Å². The lowest BCUT2D eigenvalue weighted by molar-refractivity contribution is -0.149. The maximum absolute atomic E-state index is 6.08. The maximum atomic E-state index is 6.08. The van der Waals surface area contributed by atoms with Gasteiger partial charge < -0.3 is 4.74 Å². The number of nitrogens with two attached hydrogens (primary N) is 1. The summed E-state index contributed by atoms with van der Waals surface area (Å²) in [4.78, 5) is 0. The Morgan fingerprint density at radius 3 is 2.43 bits per heavy atom. The van der Waals surface area contributed by atoms with Crippen molar-refractivity contribution in [3.8, 4) is 0 Å². The average Bonchev–Trinajstić information content (AvgIpc) is 2.90. The zero-order valence-electron chi connectivity index (χ0n) is 12.7. The quantitative estimate of drug-likeness (QED) is 0.663. The van der Waals surface area contributed by atoms with Crippen LogP contribution in [0.1, 0.15) is 43.2 Å². The molecule has 21 heavy (non-hydrogen) atoms. The van der Waals surface area contributed by atoms with E-state index in [0.717, 1.165) is 13.0 Å². The van der Waals surface area contributed by atoms with E-state index < -0.39 is 0 Å². The van der Waals surface area contributed by atoms with Crippen LogP contribution in [0.5, 0.6) is 0 Å². The number of nitrogens with one attached hydrogen (secondary N) is 1. The first kappa shape index (κ1) is 13.7. The topological polar surface area (TPSA) is 47.3 Å². The fourth-order valence-electron chi connectivity index (χ4n) is 4.80. The molecule has 2 fully saturated rings. The van der Waals surface area contributed by atoms with E-state index in [1.54, 1.807) is 0 Å². The van der Waals surface area contributed by atoms with Crippen LogP contribution in [0.25, 0.3) is 0 Å². The van der Waals surface area contributed by atoms with Gasteiger partial charge in [-0.05, 0) is 67.9 Å². The van der Waals surface area contributed by atoms with Gasteiger partial charge in [-0.3, -0.25) is 11.3 Å². The van der Waals surface area contributed by atoms with Crippen molar-refractivity contribution in [2.75, 3.05) is 6.61 Å². The minimum Gasteiger partial charge on any atom is -0.375 e. The number of ether oxygens (including phenoxy) is 1. The van der Waals surface area contributed by atoms with E-state index in [1.807, 2.05) is 0 Å². The third-order valence-electron chi connectivity index (χ3n) is 6.09. The SMILES string of the molecule is NNC(C1Cc2ccccc2C1)C1CCOC2(CCC2)C1. The lowest BCUT2D eigenvalue weighted by Crippen LogP contribution is -2.54. The van der Waals surface area contributed by atoms with Gasteiger partial charge in [0.05, 0.1) is 5.60 Å². The number of benzene rings is 1. The molecule has 0 amide bonds. The molecule has 114 valence electrons. The van der Waals surface area contributed by atoms with Crippen molar-refractivity contribution in [2.45, 2.75) is 56.6 Å². The molecule has 1 aromatic carbocycles. The van der Waals surface area contributed by atoms with Gasteiger partial charge in [0.1, 0.15) is 0 Å². The Kier molecular flexibility index (Phi) is 3.52. The first-order valence-electron chi connectivity index (χ1n) is 8.46. The Balaban J connectivity index is 1.48. The largest absolute Gasteiger partial charge is 0.375 e.